The summed E-state index contributed by atoms with van der Waals surface area (Å²) in [5.74, 6) is -0.964. The van der Waals surface area contributed by atoms with E-state index >= 15 is 0 Å². The smallest absolute Gasteiger partial charge is 0.227 e. The van der Waals surface area contributed by atoms with Gasteiger partial charge in [0, 0.05) is 18.7 Å². The number of nitrogens with two attached hydrogens (primary N) is 1. The molecule has 2 amide bonds. The van der Waals surface area contributed by atoms with E-state index in [1.54, 1.807) is 11.0 Å². The molecule has 1 aromatic carbocycles. The van der Waals surface area contributed by atoms with Crippen molar-refractivity contribution in [3.63, 3.8) is 0 Å². The molecule has 5 nitrogen and oxygen atoms in total. The number of carbonyl (C=O) groups excluding carboxylic acids is 2. The van der Waals surface area contributed by atoms with Gasteiger partial charge in [0.25, 0.3) is 0 Å². The van der Waals surface area contributed by atoms with Crippen LogP contribution in [0.1, 0.15) is 17.5 Å². The number of aliphatic hydroxyl groups is 1. The lowest BCUT2D eigenvalue weighted by Gasteiger charge is -2.20. The van der Waals surface area contributed by atoms with Crippen molar-refractivity contribution in [1.82, 2.24) is 0 Å². The molecule has 0 radical (unpaired) electrons. The topological polar surface area (TPSA) is 83.6 Å². The third-order valence-electron chi connectivity index (χ3n) is 3.41. The van der Waals surface area contributed by atoms with Crippen LogP contribution in [0.25, 0.3) is 0 Å². The molecule has 1 aliphatic heterocycles. The van der Waals surface area contributed by atoms with E-state index in [9.17, 15) is 14.7 Å². The van der Waals surface area contributed by atoms with Gasteiger partial charge >= 0.3 is 0 Å². The van der Waals surface area contributed by atoms with Crippen molar-refractivity contribution in [2.75, 3.05) is 11.4 Å². The fourth-order valence-electron chi connectivity index (χ4n) is 2.26. The summed E-state index contributed by atoms with van der Waals surface area (Å²) in [6.45, 7) is 2.11. The van der Waals surface area contributed by atoms with E-state index in [-0.39, 0.29) is 18.9 Å². The highest BCUT2D eigenvalue weighted by Gasteiger charge is 2.34. The van der Waals surface area contributed by atoms with Gasteiger partial charge in [-0.2, -0.15) is 0 Å². The maximum absolute atomic E-state index is 11.9. The minimum absolute atomic E-state index is 0.0685. The van der Waals surface area contributed by atoms with Crippen molar-refractivity contribution in [2.24, 2.45) is 11.7 Å². The van der Waals surface area contributed by atoms with Crippen molar-refractivity contribution in [3.8, 4) is 0 Å². The Hall–Kier alpha value is -1.88. The first kappa shape index (κ1) is 12.6. The van der Waals surface area contributed by atoms with Gasteiger partial charge in [-0.1, -0.05) is 12.1 Å². The first-order chi connectivity index (χ1) is 8.54. The van der Waals surface area contributed by atoms with Crippen molar-refractivity contribution in [2.45, 2.75) is 20.0 Å². The Labute approximate surface area is 105 Å². The number of aliphatic hydroxyl groups excluding tert-OH is 1. The number of hydrogen-bond donors (Lipinski definition) is 2. The molecule has 1 unspecified atom stereocenters. The van der Waals surface area contributed by atoms with Crippen LogP contribution in [0, 0.1) is 12.8 Å². The van der Waals surface area contributed by atoms with Gasteiger partial charge in [0.1, 0.15) is 0 Å². The zero-order chi connectivity index (χ0) is 13.3. The maximum Gasteiger partial charge on any atom is 0.227 e. The van der Waals surface area contributed by atoms with Crippen LogP contribution in [0.4, 0.5) is 5.69 Å². The standard InChI is InChI=1S/C13H16N2O3/c1-8-9(7-16)3-2-4-11(8)15-6-10(13(14)18)5-12(15)17/h2-4,10,16H,5-7H2,1H3,(H2,14,18). The summed E-state index contributed by atoms with van der Waals surface area (Å²) in [6, 6.07) is 5.42. The Bertz CT molecular complexity index is 499. The van der Waals surface area contributed by atoms with Crippen molar-refractivity contribution in [1.29, 1.82) is 0 Å². The molecule has 0 aliphatic carbocycles. The minimum atomic E-state index is -0.443. The summed E-state index contributed by atoms with van der Waals surface area (Å²) in [7, 11) is 0. The SMILES string of the molecule is Cc1c(CO)cccc1N1CC(C(N)=O)CC1=O. The Morgan fingerprint density at radius 1 is 1.56 bits per heavy atom. The van der Waals surface area contributed by atoms with Crippen LogP contribution < -0.4 is 10.6 Å². The monoisotopic (exact) mass is 248 g/mol. The van der Waals surface area contributed by atoms with E-state index in [4.69, 9.17) is 5.73 Å². The third-order valence-corrected chi connectivity index (χ3v) is 3.41. The molecule has 1 heterocycles. The lowest BCUT2D eigenvalue weighted by Crippen LogP contribution is -2.29. The van der Waals surface area contributed by atoms with E-state index in [1.807, 2.05) is 19.1 Å². The second-order valence-electron chi connectivity index (χ2n) is 4.53. The molecule has 5 heteroatoms. The van der Waals surface area contributed by atoms with Crippen LogP contribution in [0.5, 0.6) is 0 Å². The zero-order valence-electron chi connectivity index (χ0n) is 10.2. The van der Waals surface area contributed by atoms with Gasteiger partial charge < -0.3 is 15.7 Å². The average Bonchev–Trinajstić information content (AvgIpc) is 2.72. The fourth-order valence-corrected chi connectivity index (χ4v) is 2.26. The highest BCUT2D eigenvalue weighted by atomic mass is 16.3. The summed E-state index contributed by atoms with van der Waals surface area (Å²) >= 11 is 0. The average molecular weight is 248 g/mol. The minimum Gasteiger partial charge on any atom is -0.392 e. The van der Waals surface area contributed by atoms with Crippen LogP contribution in [0.3, 0.4) is 0 Å². The molecule has 1 aromatic rings. The number of rotatable bonds is 3. The molecular formula is C13H16N2O3. The highest BCUT2D eigenvalue weighted by Crippen LogP contribution is 2.29. The first-order valence-corrected chi connectivity index (χ1v) is 5.83. The van der Waals surface area contributed by atoms with E-state index in [1.165, 1.54) is 0 Å². The molecule has 1 aliphatic rings. The summed E-state index contributed by atoms with van der Waals surface area (Å²) in [4.78, 5) is 24.6. The Kier molecular flexibility index (Phi) is 3.34. The fraction of sp³-hybridized carbons (Fsp3) is 0.385. The molecule has 0 spiro atoms. The molecule has 18 heavy (non-hydrogen) atoms. The largest absolute Gasteiger partial charge is 0.392 e. The van der Waals surface area contributed by atoms with Crippen LogP contribution in [0.15, 0.2) is 18.2 Å². The van der Waals surface area contributed by atoms with Gasteiger partial charge in [0.05, 0.1) is 12.5 Å². The predicted octanol–water partition coefficient (Wildman–Crippen LogP) is 0.326. The van der Waals surface area contributed by atoms with Gasteiger partial charge in [-0.05, 0) is 24.1 Å². The quantitative estimate of drug-likeness (QED) is 0.808. The normalized spacial score (nSPS) is 19.3. The van der Waals surface area contributed by atoms with E-state index < -0.39 is 11.8 Å². The number of benzene rings is 1. The summed E-state index contributed by atoms with van der Waals surface area (Å²) in [5, 5.41) is 9.21. The number of anilines is 1. The first-order valence-electron chi connectivity index (χ1n) is 5.83. The molecule has 2 rings (SSSR count). The van der Waals surface area contributed by atoms with E-state index in [2.05, 4.69) is 0 Å². The molecule has 96 valence electrons. The highest BCUT2D eigenvalue weighted by molar-refractivity contribution is 6.00. The molecule has 1 saturated heterocycles. The van der Waals surface area contributed by atoms with Crippen LogP contribution in [-0.4, -0.2) is 23.5 Å². The molecule has 0 aromatic heterocycles. The number of primary amides is 1. The Morgan fingerprint density at radius 2 is 2.28 bits per heavy atom. The number of carbonyl (C=O) groups is 2. The van der Waals surface area contributed by atoms with Gasteiger partial charge in [-0.3, -0.25) is 9.59 Å². The molecule has 3 N–H and O–H groups in total. The lowest BCUT2D eigenvalue weighted by molar-refractivity contribution is -0.123. The van der Waals surface area contributed by atoms with Gasteiger partial charge in [-0.15, -0.1) is 0 Å². The maximum atomic E-state index is 11.9. The number of hydrogen-bond acceptors (Lipinski definition) is 3. The summed E-state index contributed by atoms with van der Waals surface area (Å²) < 4.78 is 0. The third kappa shape index (κ3) is 2.09. The predicted molar refractivity (Wildman–Crippen MR) is 66.8 cm³/mol. The molecular weight excluding hydrogens is 232 g/mol. The lowest BCUT2D eigenvalue weighted by atomic mass is 10.1. The van der Waals surface area contributed by atoms with Crippen molar-refractivity contribution >= 4 is 17.5 Å². The van der Waals surface area contributed by atoms with Gasteiger partial charge in [0.15, 0.2) is 0 Å². The van der Waals surface area contributed by atoms with E-state index in [0.717, 1.165) is 16.8 Å². The molecule has 1 atom stereocenters. The Balaban J connectivity index is 2.33. The molecule has 1 fully saturated rings. The molecule has 0 saturated carbocycles. The van der Waals surface area contributed by atoms with Crippen molar-refractivity contribution in [3.05, 3.63) is 29.3 Å². The second-order valence-corrected chi connectivity index (χ2v) is 4.53. The van der Waals surface area contributed by atoms with Crippen molar-refractivity contribution < 1.29 is 14.7 Å². The number of amides is 2. The summed E-state index contributed by atoms with van der Waals surface area (Å²) in [6.07, 6.45) is 0.165. The number of nitrogens with zero attached hydrogens (tertiary/aromatic N) is 1. The van der Waals surface area contributed by atoms with E-state index in [0.29, 0.717) is 6.54 Å². The summed E-state index contributed by atoms with van der Waals surface area (Å²) in [5.41, 5.74) is 7.62. The van der Waals surface area contributed by atoms with Gasteiger partial charge in [0.2, 0.25) is 11.8 Å². The Morgan fingerprint density at radius 3 is 2.83 bits per heavy atom. The van der Waals surface area contributed by atoms with Crippen LogP contribution >= 0.6 is 0 Å². The van der Waals surface area contributed by atoms with Gasteiger partial charge in [-0.25, -0.2) is 0 Å². The molecule has 0 bridgehead atoms. The second kappa shape index (κ2) is 4.78. The van der Waals surface area contributed by atoms with Crippen LogP contribution in [0.2, 0.25) is 0 Å². The zero-order valence-corrected chi connectivity index (χ0v) is 10.2. The van der Waals surface area contributed by atoms with Crippen LogP contribution in [-0.2, 0) is 16.2 Å².